The number of ether oxygens (including phenoxy) is 2. The van der Waals surface area contributed by atoms with Gasteiger partial charge in [0.25, 0.3) is 0 Å². The number of hydrogen-bond donors (Lipinski definition) is 2. The van der Waals surface area contributed by atoms with E-state index in [0.717, 1.165) is 25.0 Å². The van der Waals surface area contributed by atoms with E-state index >= 15 is 0 Å². The van der Waals surface area contributed by atoms with E-state index in [2.05, 4.69) is 20.6 Å². The molecule has 1 saturated heterocycles. The molecule has 1 atom stereocenters. The summed E-state index contributed by atoms with van der Waals surface area (Å²) in [5.74, 6) is 1.16. The van der Waals surface area contributed by atoms with Crippen LogP contribution in [0.1, 0.15) is 45.6 Å². The summed E-state index contributed by atoms with van der Waals surface area (Å²) in [4.78, 5) is 22.4. The number of pyridine rings is 1. The van der Waals surface area contributed by atoms with Gasteiger partial charge in [0.1, 0.15) is 5.60 Å². The van der Waals surface area contributed by atoms with E-state index < -0.39 is 0 Å². The molecule has 0 spiro atoms. The highest BCUT2D eigenvalue weighted by Gasteiger charge is 2.15. The number of rotatable bonds is 7. The maximum atomic E-state index is 11.9. The first-order valence-electron chi connectivity index (χ1n) is 10.2. The molecule has 1 amide bonds. The van der Waals surface area contributed by atoms with Crippen LogP contribution in [-0.2, 0) is 16.1 Å². The standard InChI is InChI=1S/C21H35N5O3.HI/c1-21(2,3)29-18-10-9-16(12-22-18)13-23-20(25-15-19(27)26(4)5)24-14-17-8-6-7-11-28-17;/h9-10,12,17H,6-8,11,13-15H2,1-5H3,(H2,23,24,25);1H. The summed E-state index contributed by atoms with van der Waals surface area (Å²) < 4.78 is 11.5. The van der Waals surface area contributed by atoms with Crippen molar-refractivity contribution in [1.29, 1.82) is 0 Å². The third kappa shape index (κ3) is 10.4. The van der Waals surface area contributed by atoms with E-state index in [-0.39, 0.29) is 48.1 Å². The number of carbonyl (C=O) groups excluding carboxylic acids is 1. The van der Waals surface area contributed by atoms with Gasteiger partial charge < -0.3 is 25.0 Å². The van der Waals surface area contributed by atoms with Gasteiger partial charge in [-0.25, -0.2) is 9.98 Å². The van der Waals surface area contributed by atoms with Crippen LogP contribution in [0.3, 0.4) is 0 Å². The Morgan fingerprint density at radius 1 is 1.30 bits per heavy atom. The molecule has 1 aliphatic heterocycles. The Balaban J connectivity index is 0.00000450. The minimum atomic E-state index is -0.284. The first kappa shape index (κ1) is 26.4. The Labute approximate surface area is 197 Å². The fourth-order valence-corrected chi connectivity index (χ4v) is 2.72. The van der Waals surface area contributed by atoms with Crippen molar-refractivity contribution in [3.63, 3.8) is 0 Å². The highest BCUT2D eigenvalue weighted by atomic mass is 127. The summed E-state index contributed by atoms with van der Waals surface area (Å²) in [7, 11) is 3.47. The predicted octanol–water partition coefficient (Wildman–Crippen LogP) is 2.57. The molecule has 1 aromatic heterocycles. The van der Waals surface area contributed by atoms with Crippen molar-refractivity contribution < 1.29 is 14.3 Å². The number of carbonyl (C=O) groups is 1. The lowest BCUT2D eigenvalue weighted by Crippen LogP contribution is -2.45. The van der Waals surface area contributed by atoms with Gasteiger partial charge in [0.2, 0.25) is 11.8 Å². The van der Waals surface area contributed by atoms with Crippen molar-refractivity contribution in [3.05, 3.63) is 23.9 Å². The largest absolute Gasteiger partial charge is 0.472 e. The minimum absolute atomic E-state index is 0. The topological polar surface area (TPSA) is 88.1 Å². The maximum Gasteiger partial charge on any atom is 0.241 e. The lowest BCUT2D eigenvalue weighted by molar-refractivity contribution is -0.127. The highest BCUT2D eigenvalue weighted by molar-refractivity contribution is 14.0. The van der Waals surface area contributed by atoms with Crippen molar-refractivity contribution in [1.82, 2.24) is 20.5 Å². The number of halogens is 1. The Hall–Kier alpha value is -1.62. The van der Waals surface area contributed by atoms with E-state index in [1.54, 1.807) is 25.2 Å². The van der Waals surface area contributed by atoms with Crippen LogP contribution in [-0.4, -0.2) is 67.2 Å². The first-order chi connectivity index (χ1) is 13.7. The molecule has 0 saturated carbocycles. The number of aliphatic imine (C=N–C) groups is 1. The Kier molecular flexibility index (Phi) is 11.4. The van der Waals surface area contributed by atoms with Crippen LogP contribution >= 0.6 is 24.0 Å². The third-order valence-corrected chi connectivity index (χ3v) is 4.31. The Morgan fingerprint density at radius 3 is 2.63 bits per heavy atom. The monoisotopic (exact) mass is 533 g/mol. The molecule has 1 unspecified atom stereocenters. The zero-order valence-electron chi connectivity index (χ0n) is 18.7. The van der Waals surface area contributed by atoms with Crippen LogP contribution in [0.5, 0.6) is 5.88 Å². The van der Waals surface area contributed by atoms with E-state index in [0.29, 0.717) is 24.9 Å². The van der Waals surface area contributed by atoms with Crippen molar-refractivity contribution in [2.75, 3.05) is 33.8 Å². The van der Waals surface area contributed by atoms with Crippen LogP contribution in [0.25, 0.3) is 0 Å². The smallest absolute Gasteiger partial charge is 0.241 e. The quantitative estimate of drug-likeness (QED) is 0.318. The van der Waals surface area contributed by atoms with E-state index in [1.807, 2.05) is 32.9 Å². The second kappa shape index (κ2) is 12.9. The molecule has 2 rings (SSSR count). The van der Waals surface area contributed by atoms with Gasteiger partial charge >= 0.3 is 0 Å². The number of nitrogens with one attached hydrogen (secondary N) is 2. The number of hydrogen-bond acceptors (Lipinski definition) is 5. The Morgan fingerprint density at radius 2 is 2.07 bits per heavy atom. The van der Waals surface area contributed by atoms with Crippen LogP contribution in [0.2, 0.25) is 0 Å². The van der Waals surface area contributed by atoms with Gasteiger partial charge in [-0.2, -0.15) is 0 Å². The van der Waals surface area contributed by atoms with Gasteiger partial charge in [-0.05, 0) is 45.6 Å². The maximum absolute atomic E-state index is 11.9. The summed E-state index contributed by atoms with van der Waals surface area (Å²) in [6.45, 7) is 8.06. The molecular formula is C21H36IN5O3. The van der Waals surface area contributed by atoms with Gasteiger partial charge in [-0.3, -0.25) is 4.79 Å². The normalized spacial score (nSPS) is 17.0. The number of guanidine groups is 1. The number of likely N-dealkylation sites (N-methyl/N-ethyl adjacent to an activating group) is 1. The van der Waals surface area contributed by atoms with E-state index in [4.69, 9.17) is 9.47 Å². The van der Waals surface area contributed by atoms with Crippen molar-refractivity contribution >= 4 is 35.8 Å². The molecule has 1 fully saturated rings. The molecule has 0 aliphatic carbocycles. The molecule has 2 heterocycles. The van der Waals surface area contributed by atoms with Gasteiger partial charge in [0, 0.05) is 39.5 Å². The fraction of sp³-hybridized carbons (Fsp3) is 0.667. The molecule has 9 heteroatoms. The predicted molar refractivity (Wildman–Crippen MR) is 129 cm³/mol. The minimum Gasteiger partial charge on any atom is -0.472 e. The van der Waals surface area contributed by atoms with Gasteiger partial charge in [-0.1, -0.05) is 6.07 Å². The van der Waals surface area contributed by atoms with Gasteiger partial charge in [-0.15, -0.1) is 24.0 Å². The zero-order chi connectivity index (χ0) is 21.3. The second-order valence-corrected chi connectivity index (χ2v) is 8.40. The number of nitrogens with zero attached hydrogens (tertiary/aromatic N) is 3. The van der Waals surface area contributed by atoms with Crippen molar-refractivity contribution in [2.45, 2.75) is 58.3 Å². The van der Waals surface area contributed by atoms with Crippen LogP contribution in [0.15, 0.2) is 23.3 Å². The molecule has 0 aromatic carbocycles. The van der Waals surface area contributed by atoms with Gasteiger partial charge in [0.05, 0.1) is 19.2 Å². The lowest BCUT2D eigenvalue weighted by atomic mass is 10.1. The molecule has 0 bridgehead atoms. The summed E-state index contributed by atoms with van der Waals surface area (Å²) in [5.41, 5.74) is 0.675. The van der Waals surface area contributed by atoms with Gasteiger partial charge in [0.15, 0.2) is 5.96 Å². The highest BCUT2D eigenvalue weighted by Crippen LogP contribution is 2.15. The summed E-state index contributed by atoms with van der Waals surface area (Å²) in [5, 5.41) is 6.39. The molecule has 30 heavy (non-hydrogen) atoms. The van der Waals surface area contributed by atoms with E-state index in [1.165, 1.54) is 6.42 Å². The Bertz CT molecular complexity index is 668. The molecule has 8 nitrogen and oxygen atoms in total. The molecule has 0 radical (unpaired) electrons. The average Bonchev–Trinajstić information content (AvgIpc) is 2.67. The molecule has 1 aromatic rings. The average molecular weight is 533 g/mol. The van der Waals surface area contributed by atoms with Crippen molar-refractivity contribution in [3.8, 4) is 5.88 Å². The second-order valence-electron chi connectivity index (χ2n) is 8.40. The van der Waals surface area contributed by atoms with Crippen LogP contribution in [0.4, 0.5) is 0 Å². The van der Waals surface area contributed by atoms with E-state index in [9.17, 15) is 4.79 Å². The zero-order valence-corrected chi connectivity index (χ0v) is 21.1. The fourth-order valence-electron chi connectivity index (χ4n) is 2.72. The lowest BCUT2D eigenvalue weighted by Gasteiger charge is -2.24. The molecule has 1 aliphatic rings. The third-order valence-electron chi connectivity index (χ3n) is 4.31. The molecular weight excluding hydrogens is 497 g/mol. The summed E-state index contributed by atoms with van der Waals surface area (Å²) in [6.07, 6.45) is 5.28. The molecule has 2 N–H and O–H groups in total. The number of aromatic nitrogens is 1. The van der Waals surface area contributed by atoms with Crippen LogP contribution < -0.4 is 15.4 Å². The number of amides is 1. The van der Waals surface area contributed by atoms with Crippen LogP contribution in [0, 0.1) is 0 Å². The first-order valence-corrected chi connectivity index (χ1v) is 10.2. The summed E-state index contributed by atoms with van der Waals surface area (Å²) >= 11 is 0. The SMILES string of the molecule is CN(C)C(=O)CNC(=NCc1ccc(OC(C)(C)C)nc1)NCC1CCCCO1.I. The van der Waals surface area contributed by atoms with Crippen molar-refractivity contribution in [2.24, 2.45) is 4.99 Å². The molecule has 170 valence electrons. The summed E-state index contributed by atoms with van der Waals surface area (Å²) in [6, 6.07) is 3.80.